The van der Waals surface area contributed by atoms with Gasteiger partial charge >= 0.3 is 5.97 Å². The Balaban J connectivity index is 2.54. The molecule has 0 spiro atoms. The van der Waals surface area contributed by atoms with Crippen LogP contribution < -0.4 is 0 Å². The molecule has 0 saturated carbocycles. The maximum Gasteiger partial charge on any atom is 0.326 e. The highest BCUT2D eigenvalue weighted by atomic mass is 16.5. The van der Waals surface area contributed by atoms with E-state index in [9.17, 15) is 9.59 Å². The number of nitrogens with zero attached hydrogens (tertiary/aromatic N) is 1. The number of carbonyl (C=O) groups excluding carboxylic acids is 1. The monoisotopic (exact) mass is 245 g/mol. The molecule has 0 bridgehead atoms. The van der Waals surface area contributed by atoms with Gasteiger partial charge in [0.15, 0.2) is 0 Å². The summed E-state index contributed by atoms with van der Waals surface area (Å²) in [6.45, 7) is 3.08. The zero-order valence-corrected chi connectivity index (χ0v) is 10.2. The van der Waals surface area contributed by atoms with Gasteiger partial charge in [0.05, 0.1) is 19.1 Å². The zero-order valence-electron chi connectivity index (χ0n) is 10.2. The number of methoxy groups -OCH3 is 1. The lowest BCUT2D eigenvalue weighted by molar-refractivity contribution is -0.148. The van der Waals surface area contributed by atoms with Crippen LogP contribution in [-0.4, -0.2) is 60.9 Å². The minimum absolute atomic E-state index is 0.188. The molecule has 17 heavy (non-hydrogen) atoms. The molecule has 1 N–H and O–H groups in total. The lowest BCUT2D eigenvalue weighted by Gasteiger charge is -2.21. The Hall–Kier alpha value is -1.14. The predicted octanol–water partition coefficient (Wildman–Crippen LogP) is 0.114. The molecule has 1 aliphatic rings. The van der Waals surface area contributed by atoms with Crippen molar-refractivity contribution in [2.45, 2.75) is 31.9 Å². The third-order valence-electron chi connectivity index (χ3n) is 2.87. The van der Waals surface area contributed by atoms with Crippen LogP contribution in [0.4, 0.5) is 0 Å². The summed E-state index contributed by atoms with van der Waals surface area (Å²) in [5.41, 5.74) is 0. The molecule has 0 aromatic heterocycles. The lowest BCUT2D eigenvalue weighted by Crippen LogP contribution is -2.40. The van der Waals surface area contributed by atoms with Crippen LogP contribution in [0.5, 0.6) is 0 Å². The average molecular weight is 245 g/mol. The maximum absolute atomic E-state index is 11.8. The molecule has 6 heteroatoms. The van der Waals surface area contributed by atoms with Gasteiger partial charge in [-0.15, -0.1) is 0 Å². The SMILES string of the molecule is CCOCCC(=O)N1CC(OC)CC1C(=O)O. The van der Waals surface area contributed by atoms with Crippen molar-refractivity contribution in [2.75, 3.05) is 26.9 Å². The number of hydrogen-bond acceptors (Lipinski definition) is 4. The van der Waals surface area contributed by atoms with E-state index >= 15 is 0 Å². The Bertz CT molecular complexity index is 281. The highest BCUT2D eigenvalue weighted by Gasteiger charge is 2.39. The number of carbonyl (C=O) groups is 2. The maximum atomic E-state index is 11.8. The van der Waals surface area contributed by atoms with E-state index in [-0.39, 0.29) is 18.4 Å². The molecular formula is C11H19NO5. The fraction of sp³-hybridized carbons (Fsp3) is 0.818. The Morgan fingerprint density at radius 1 is 1.47 bits per heavy atom. The van der Waals surface area contributed by atoms with Gasteiger partial charge in [0.1, 0.15) is 6.04 Å². The molecule has 1 fully saturated rings. The second kappa shape index (κ2) is 6.56. The van der Waals surface area contributed by atoms with E-state index in [1.165, 1.54) is 12.0 Å². The van der Waals surface area contributed by atoms with Crippen molar-refractivity contribution in [3.8, 4) is 0 Å². The quantitative estimate of drug-likeness (QED) is 0.672. The van der Waals surface area contributed by atoms with Crippen molar-refractivity contribution in [3.63, 3.8) is 0 Å². The van der Waals surface area contributed by atoms with Gasteiger partial charge in [-0.1, -0.05) is 0 Å². The summed E-state index contributed by atoms with van der Waals surface area (Å²) in [5.74, 6) is -1.17. The smallest absolute Gasteiger partial charge is 0.326 e. The van der Waals surface area contributed by atoms with Gasteiger partial charge < -0.3 is 19.5 Å². The Labute approximate surface area is 100 Å². The summed E-state index contributed by atoms with van der Waals surface area (Å²) in [7, 11) is 1.53. The number of rotatable bonds is 6. The van der Waals surface area contributed by atoms with Crippen molar-refractivity contribution in [3.05, 3.63) is 0 Å². The molecule has 98 valence electrons. The van der Waals surface area contributed by atoms with Crippen molar-refractivity contribution in [1.82, 2.24) is 4.90 Å². The first-order chi connectivity index (χ1) is 8.10. The number of amides is 1. The Morgan fingerprint density at radius 2 is 2.18 bits per heavy atom. The summed E-state index contributed by atoms with van der Waals surface area (Å²) in [6.07, 6.45) is 0.382. The summed E-state index contributed by atoms with van der Waals surface area (Å²) in [5, 5.41) is 9.04. The van der Waals surface area contributed by atoms with Gasteiger partial charge in [-0.2, -0.15) is 0 Å². The molecule has 1 saturated heterocycles. The third-order valence-corrected chi connectivity index (χ3v) is 2.87. The topological polar surface area (TPSA) is 76.1 Å². The Kier molecular flexibility index (Phi) is 5.37. The minimum atomic E-state index is -0.977. The van der Waals surface area contributed by atoms with Crippen molar-refractivity contribution in [2.24, 2.45) is 0 Å². The second-order valence-corrected chi connectivity index (χ2v) is 3.94. The molecule has 6 nitrogen and oxygen atoms in total. The van der Waals surface area contributed by atoms with Crippen LogP contribution >= 0.6 is 0 Å². The van der Waals surface area contributed by atoms with E-state index in [4.69, 9.17) is 14.6 Å². The van der Waals surface area contributed by atoms with Crippen LogP contribution in [0.15, 0.2) is 0 Å². The molecule has 1 aliphatic heterocycles. The molecule has 0 aromatic carbocycles. The van der Waals surface area contributed by atoms with Crippen molar-refractivity contribution < 1.29 is 24.2 Å². The normalized spacial score (nSPS) is 24.0. The first kappa shape index (κ1) is 13.9. The molecule has 0 aromatic rings. The van der Waals surface area contributed by atoms with E-state index in [1.54, 1.807) is 0 Å². The lowest BCUT2D eigenvalue weighted by atomic mass is 10.2. The molecule has 1 heterocycles. The van der Waals surface area contributed by atoms with Gasteiger partial charge in [-0.05, 0) is 6.92 Å². The molecule has 1 rings (SSSR count). The fourth-order valence-corrected chi connectivity index (χ4v) is 1.93. The van der Waals surface area contributed by atoms with Crippen LogP contribution in [0.2, 0.25) is 0 Å². The second-order valence-electron chi connectivity index (χ2n) is 3.94. The first-order valence-electron chi connectivity index (χ1n) is 5.73. The van der Waals surface area contributed by atoms with E-state index in [0.717, 1.165) is 0 Å². The van der Waals surface area contributed by atoms with Gasteiger partial charge in [0.25, 0.3) is 0 Å². The number of carboxylic acid groups (broad SMARTS) is 1. The van der Waals surface area contributed by atoms with E-state index in [0.29, 0.717) is 26.2 Å². The van der Waals surface area contributed by atoms with Gasteiger partial charge in [0, 0.05) is 26.7 Å². The van der Waals surface area contributed by atoms with Crippen molar-refractivity contribution in [1.29, 1.82) is 0 Å². The van der Waals surface area contributed by atoms with Gasteiger partial charge in [-0.3, -0.25) is 4.79 Å². The van der Waals surface area contributed by atoms with Gasteiger partial charge in [0.2, 0.25) is 5.91 Å². The first-order valence-corrected chi connectivity index (χ1v) is 5.73. The minimum Gasteiger partial charge on any atom is -0.480 e. The number of aliphatic carboxylic acids is 1. The average Bonchev–Trinajstić information content (AvgIpc) is 2.73. The van der Waals surface area contributed by atoms with Gasteiger partial charge in [-0.25, -0.2) is 4.79 Å². The summed E-state index contributed by atoms with van der Waals surface area (Å²) >= 11 is 0. The number of ether oxygens (including phenoxy) is 2. The fourth-order valence-electron chi connectivity index (χ4n) is 1.93. The molecule has 2 unspecified atom stereocenters. The van der Waals surface area contributed by atoms with E-state index in [2.05, 4.69) is 0 Å². The highest BCUT2D eigenvalue weighted by Crippen LogP contribution is 2.21. The van der Waals surface area contributed by atoms with Crippen LogP contribution in [-0.2, 0) is 19.1 Å². The Morgan fingerprint density at radius 3 is 2.71 bits per heavy atom. The number of carboxylic acids is 1. The van der Waals surface area contributed by atoms with Crippen LogP contribution in [0.3, 0.4) is 0 Å². The van der Waals surface area contributed by atoms with Crippen LogP contribution in [0.25, 0.3) is 0 Å². The summed E-state index contributed by atoms with van der Waals surface area (Å²) < 4.78 is 10.2. The summed E-state index contributed by atoms with van der Waals surface area (Å²) in [6, 6.07) is -0.769. The predicted molar refractivity (Wildman–Crippen MR) is 59.7 cm³/mol. The van der Waals surface area contributed by atoms with Crippen LogP contribution in [0, 0.1) is 0 Å². The molecular weight excluding hydrogens is 226 g/mol. The van der Waals surface area contributed by atoms with E-state index < -0.39 is 12.0 Å². The number of hydrogen-bond donors (Lipinski definition) is 1. The third kappa shape index (κ3) is 3.67. The molecule has 0 aliphatic carbocycles. The molecule has 1 amide bonds. The highest BCUT2D eigenvalue weighted by molar-refractivity contribution is 5.84. The van der Waals surface area contributed by atoms with E-state index in [1.807, 2.05) is 6.92 Å². The zero-order chi connectivity index (χ0) is 12.8. The largest absolute Gasteiger partial charge is 0.480 e. The standard InChI is InChI=1S/C11H19NO5/c1-3-17-5-4-10(13)12-7-8(16-2)6-9(12)11(14)15/h8-9H,3-7H2,1-2H3,(H,14,15). The van der Waals surface area contributed by atoms with Crippen LogP contribution in [0.1, 0.15) is 19.8 Å². The van der Waals surface area contributed by atoms with Crippen molar-refractivity contribution >= 4 is 11.9 Å². The number of likely N-dealkylation sites (tertiary alicyclic amines) is 1. The molecule has 2 atom stereocenters. The summed E-state index contributed by atoms with van der Waals surface area (Å²) in [4.78, 5) is 24.2. The molecule has 0 radical (unpaired) electrons.